The van der Waals surface area contributed by atoms with E-state index in [2.05, 4.69) is 16.0 Å². The molecule has 1 aromatic carbocycles. The topological polar surface area (TPSA) is 99.8 Å². The molecule has 0 saturated heterocycles. The lowest BCUT2D eigenvalue weighted by Gasteiger charge is -2.24. The van der Waals surface area contributed by atoms with Crippen molar-refractivity contribution in [1.82, 2.24) is 20.9 Å². The summed E-state index contributed by atoms with van der Waals surface area (Å²) in [6, 6.07) is 7.56. The zero-order valence-electron chi connectivity index (χ0n) is 16.9. The minimum atomic E-state index is -0.344. The van der Waals surface area contributed by atoms with E-state index in [-0.39, 0.29) is 36.9 Å². The van der Waals surface area contributed by atoms with E-state index in [0.717, 1.165) is 37.0 Å². The van der Waals surface area contributed by atoms with Crippen LogP contribution in [-0.2, 0) is 20.8 Å². The molecule has 8 heteroatoms. The Hall–Kier alpha value is -2.61. The highest BCUT2D eigenvalue weighted by molar-refractivity contribution is 5.89. The van der Waals surface area contributed by atoms with Crippen molar-refractivity contribution in [2.24, 2.45) is 5.92 Å². The van der Waals surface area contributed by atoms with Crippen molar-refractivity contribution in [3.05, 3.63) is 29.8 Å². The Bertz CT molecular complexity index is 735. The first kappa shape index (κ1) is 21.1. The lowest BCUT2D eigenvalue weighted by molar-refractivity contribution is -0.137. The van der Waals surface area contributed by atoms with Gasteiger partial charge >= 0.3 is 0 Å². The third-order valence-corrected chi connectivity index (χ3v) is 5.20. The molecule has 3 amide bonds. The molecule has 29 heavy (non-hydrogen) atoms. The van der Waals surface area contributed by atoms with Crippen LogP contribution in [0, 0.1) is 5.92 Å². The number of carbonyl (C=O) groups is 3. The van der Waals surface area contributed by atoms with Gasteiger partial charge in [-0.25, -0.2) is 0 Å². The molecule has 0 aromatic heterocycles. The van der Waals surface area contributed by atoms with E-state index in [1.807, 2.05) is 24.3 Å². The molecule has 0 bridgehead atoms. The second-order valence-electron chi connectivity index (χ2n) is 7.65. The van der Waals surface area contributed by atoms with Crippen LogP contribution >= 0.6 is 0 Å². The van der Waals surface area contributed by atoms with Gasteiger partial charge in [0.25, 0.3) is 0 Å². The second-order valence-corrected chi connectivity index (χ2v) is 7.65. The number of benzene rings is 1. The predicted molar refractivity (Wildman–Crippen MR) is 108 cm³/mol. The summed E-state index contributed by atoms with van der Waals surface area (Å²) in [6.45, 7) is 1.36. The van der Waals surface area contributed by atoms with Crippen molar-refractivity contribution in [2.75, 3.05) is 39.8 Å². The van der Waals surface area contributed by atoms with Crippen molar-refractivity contribution in [3.63, 3.8) is 0 Å². The van der Waals surface area contributed by atoms with E-state index in [4.69, 9.17) is 4.74 Å². The number of aryl methyl sites for hydroxylation is 1. The summed E-state index contributed by atoms with van der Waals surface area (Å²) < 4.78 is 5.94. The molecule has 3 rings (SSSR count). The Morgan fingerprint density at radius 2 is 1.83 bits per heavy atom. The van der Waals surface area contributed by atoms with Crippen LogP contribution in [-0.4, -0.2) is 68.5 Å². The van der Waals surface area contributed by atoms with Crippen LogP contribution in [0.2, 0.25) is 0 Å². The Balaban J connectivity index is 1.67. The van der Waals surface area contributed by atoms with Gasteiger partial charge in [-0.3, -0.25) is 14.4 Å². The number of likely N-dealkylation sites (N-methyl/N-ethyl adjacent to an activating group) is 1. The van der Waals surface area contributed by atoms with Gasteiger partial charge in [-0.2, -0.15) is 0 Å². The molecule has 1 unspecified atom stereocenters. The summed E-state index contributed by atoms with van der Waals surface area (Å²) in [6.07, 6.45) is 3.57. The first-order chi connectivity index (χ1) is 14.0. The van der Waals surface area contributed by atoms with Crippen molar-refractivity contribution in [1.29, 1.82) is 0 Å². The number of nitrogens with one attached hydrogen (secondary N) is 3. The lowest BCUT2D eigenvalue weighted by atomic mass is 10.1. The Labute approximate surface area is 171 Å². The molecule has 2 aliphatic rings. The highest BCUT2D eigenvalue weighted by atomic mass is 16.5. The number of nitrogens with zero attached hydrogens (tertiary/aromatic N) is 1. The lowest BCUT2D eigenvalue weighted by Crippen LogP contribution is -2.50. The quantitative estimate of drug-likeness (QED) is 0.617. The standard InChI is InChI=1S/C21H30N4O4/c1-25-14-19(27)24-13-18(26)22-10-4-6-15-5-2-3-7-17(15)29-12-11-23-20(21(25)28)16-8-9-16/h2-3,5,7,16,20,23H,4,6,8-14H2,1H3,(H,22,26)(H,24,27). The largest absolute Gasteiger partial charge is 0.492 e. The van der Waals surface area contributed by atoms with Crippen LogP contribution in [0.5, 0.6) is 5.75 Å². The smallest absolute Gasteiger partial charge is 0.240 e. The SMILES string of the molecule is CN1CC(=O)NCC(=O)NCCCc2ccccc2OCCNC(C2CC2)C1=O. The molecule has 1 atom stereocenters. The number of para-hydroxylation sites is 1. The Kier molecular flexibility index (Phi) is 7.46. The van der Waals surface area contributed by atoms with Crippen LogP contribution < -0.4 is 20.7 Å². The van der Waals surface area contributed by atoms with Crippen molar-refractivity contribution in [2.45, 2.75) is 31.7 Å². The molecule has 0 spiro atoms. The Morgan fingerprint density at radius 3 is 2.62 bits per heavy atom. The number of amides is 3. The number of rotatable bonds is 1. The molecule has 0 radical (unpaired) electrons. The number of fused-ring (bicyclic) bond motifs is 1. The fourth-order valence-electron chi connectivity index (χ4n) is 3.45. The van der Waals surface area contributed by atoms with Crippen LogP contribution in [0.15, 0.2) is 24.3 Å². The number of hydrogen-bond donors (Lipinski definition) is 3. The van der Waals surface area contributed by atoms with E-state index in [9.17, 15) is 14.4 Å². The molecule has 1 aliphatic heterocycles. The number of hydrogen-bond acceptors (Lipinski definition) is 5. The van der Waals surface area contributed by atoms with Crippen molar-refractivity contribution in [3.8, 4) is 5.75 Å². The average molecular weight is 402 g/mol. The molecule has 1 saturated carbocycles. The molecular formula is C21H30N4O4. The highest BCUT2D eigenvalue weighted by Gasteiger charge is 2.37. The highest BCUT2D eigenvalue weighted by Crippen LogP contribution is 2.33. The van der Waals surface area contributed by atoms with Gasteiger partial charge in [0.05, 0.1) is 19.1 Å². The third kappa shape index (κ3) is 6.45. The molecule has 1 aromatic rings. The fourth-order valence-corrected chi connectivity index (χ4v) is 3.45. The van der Waals surface area contributed by atoms with E-state index in [0.29, 0.717) is 25.6 Å². The minimum Gasteiger partial charge on any atom is -0.492 e. The van der Waals surface area contributed by atoms with Crippen LogP contribution in [0.25, 0.3) is 0 Å². The first-order valence-corrected chi connectivity index (χ1v) is 10.3. The predicted octanol–water partition coefficient (Wildman–Crippen LogP) is 0.0706. The van der Waals surface area contributed by atoms with Gasteiger partial charge < -0.3 is 25.6 Å². The maximum Gasteiger partial charge on any atom is 0.240 e. The summed E-state index contributed by atoms with van der Waals surface area (Å²) >= 11 is 0. The van der Waals surface area contributed by atoms with E-state index in [1.165, 1.54) is 4.90 Å². The number of carbonyl (C=O) groups excluding carboxylic acids is 3. The summed E-state index contributed by atoms with van der Waals surface area (Å²) in [7, 11) is 1.62. The van der Waals surface area contributed by atoms with Gasteiger partial charge in [0.15, 0.2) is 0 Å². The van der Waals surface area contributed by atoms with Gasteiger partial charge in [-0.15, -0.1) is 0 Å². The normalized spacial score (nSPS) is 23.1. The molecular weight excluding hydrogens is 372 g/mol. The van der Waals surface area contributed by atoms with Gasteiger partial charge in [-0.1, -0.05) is 18.2 Å². The molecule has 8 nitrogen and oxygen atoms in total. The Morgan fingerprint density at radius 1 is 1.03 bits per heavy atom. The summed E-state index contributed by atoms with van der Waals surface area (Å²) in [5, 5.41) is 8.69. The van der Waals surface area contributed by atoms with Crippen LogP contribution in [0.1, 0.15) is 24.8 Å². The van der Waals surface area contributed by atoms with Crippen LogP contribution in [0.4, 0.5) is 0 Å². The van der Waals surface area contributed by atoms with Gasteiger partial charge in [-0.05, 0) is 43.2 Å². The monoisotopic (exact) mass is 402 g/mol. The second kappa shape index (κ2) is 10.2. The summed E-state index contributed by atoms with van der Waals surface area (Å²) in [5.41, 5.74) is 1.09. The van der Waals surface area contributed by atoms with E-state index < -0.39 is 0 Å². The molecule has 3 N–H and O–H groups in total. The van der Waals surface area contributed by atoms with E-state index >= 15 is 0 Å². The molecule has 1 heterocycles. The average Bonchev–Trinajstić information content (AvgIpc) is 3.54. The van der Waals surface area contributed by atoms with Crippen LogP contribution in [0.3, 0.4) is 0 Å². The summed E-state index contributed by atoms with van der Waals surface area (Å²) in [4.78, 5) is 38.2. The van der Waals surface area contributed by atoms with Crippen molar-refractivity contribution < 1.29 is 19.1 Å². The van der Waals surface area contributed by atoms with E-state index in [1.54, 1.807) is 7.05 Å². The maximum atomic E-state index is 12.8. The fraction of sp³-hybridized carbons (Fsp3) is 0.571. The number of ether oxygens (including phenoxy) is 1. The van der Waals surface area contributed by atoms with Crippen molar-refractivity contribution >= 4 is 17.7 Å². The maximum absolute atomic E-state index is 12.8. The zero-order chi connectivity index (χ0) is 20.6. The third-order valence-electron chi connectivity index (χ3n) is 5.20. The minimum absolute atomic E-state index is 0.0686. The first-order valence-electron chi connectivity index (χ1n) is 10.3. The molecule has 1 fully saturated rings. The summed E-state index contributed by atoms with van der Waals surface area (Å²) in [5.74, 6) is 0.449. The van der Waals surface area contributed by atoms with Gasteiger partial charge in [0.2, 0.25) is 17.7 Å². The molecule has 158 valence electrons. The van der Waals surface area contributed by atoms with Gasteiger partial charge in [0.1, 0.15) is 12.4 Å². The zero-order valence-corrected chi connectivity index (χ0v) is 16.9. The van der Waals surface area contributed by atoms with Gasteiger partial charge in [0, 0.05) is 20.1 Å². The molecule has 1 aliphatic carbocycles.